The number of esters is 1. The van der Waals surface area contributed by atoms with Crippen molar-refractivity contribution < 1.29 is 14.6 Å². The van der Waals surface area contributed by atoms with Crippen molar-refractivity contribution in [1.29, 1.82) is 0 Å². The number of benzene rings is 1. The number of cyclic esters (lactones) is 1. The van der Waals surface area contributed by atoms with E-state index >= 15 is 0 Å². The van der Waals surface area contributed by atoms with Crippen molar-refractivity contribution in [2.75, 3.05) is 0 Å². The minimum atomic E-state index is -0.281. The summed E-state index contributed by atoms with van der Waals surface area (Å²) in [5.41, 5.74) is 1.13. The van der Waals surface area contributed by atoms with Crippen molar-refractivity contribution >= 4 is 23.8 Å². The van der Waals surface area contributed by atoms with E-state index in [0.29, 0.717) is 0 Å². The molecular weight excluding hydrogens is 296 g/mol. The third kappa shape index (κ3) is 4.89. The Balaban J connectivity index is 1.88. The number of hydrogen-bond acceptors (Lipinski definition) is 4. The van der Waals surface area contributed by atoms with E-state index in [1.54, 1.807) is 11.8 Å². The van der Waals surface area contributed by atoms with Gasteiger partial charge in [0.05, 0.1) is 6.10 Å². The minimum absolute atomic E-state index is 0.0307. The molecule has 0 aliphatic carbocycles. The molecule has 1 aliphatic heterocycles. The highest BCUT2D eigenvalue weighted by Gasteiger charge is 2.32. The molecule has 0 aromatic heterocycles. The summed E-state index contributed by atoms with van der Waals surface area (Å²) < 4.78 is 5.17. The normalized spacial score (nSPS) is 24.5. The zero-order valence-corrected chi connectivity index (χ0v) is 14.2. The molecule has 0 bridgehead atoms. The van der Waals surface area contributed by atoms with Gasteiger partial charge in [-0.25, -0.2) is 0 Å². The van der Waals surface area contributed by atoms with Crippen LogP contribution in [-0.2, 0) is 9.53 Å². The lowest BCUT2D eigenvalue weighted by molar-refractivity contribution is -0.140. The summed E-state index contributed by atoms with van der Waals surface area (Å²) in [5, 5.41) is 9.38. The third-order valence-corrected chi connectivity index (χ3v) is 5.14. The predicted molar refractivity (Wildman–Crippen MR) is 90.8 cm³/mol. The van der Waals surface area contributed by atoms with Gasteiger partial charge in [0.1, 0.15) is 11.4 Å². The maximum absolute atomic E-state index is 11.6. The fourth-order valence-electron chi connectivity index (χ4n) is 2.25. The highest BCUT2D eigenvalue weighted by atomic mass is 32.2. The first-order valence-corrected chi connectivity index (χ1v) is 8.65. The van der Waals surface area contributed by atoms with Crippen molar-refractivity contribution in [2.45, 2.75) is 56.0 Å². The average Bonchev–Trinajstić information content (AvgIpc) is 2.78. The molecule has 4 atom stereocenters. The Labute approximate surface area is 136 Å². The van der Waals surface area contributed by atoms with Gasteiger partial charge in [-0.3, -0.25) is 4.79 Å². The van der Waals surface area contributed by atoms with E-state index in [-0.39, 0.29) is 29.3 Å². The van der Waals surface area contributed by atoms with Gasteiger partial charge in [0.25, 0.3) is 0 Å². The van der Waals surface area contributed by atoms with Crippen molar-refractivity contribution in [1.82, 2.24) is 0 Å². The summed E-state index contributed by atoms with van der Waals surface area (Å²) in [5.74, 6) is 0.162. The number of thioether (sulfide) groups is 1. The molecule has 0 radical (unpaired) electrons. The first-order valence-electron chi connectivity index (χ1n) is 7.77. The van der Waals surface area contributed by atoms with E-state index in [9.17, 15) is 9.90 Å². The van der Waals surface area contributed by atoms with Crippen LogP contribution >= 0.6 is 11.8 Å². The number of hydrogen-bond donors (Lipinski definition) is 1. The molecule has 1 fully saturated rings. The summed E-state index contributed by atoms with van der Waals surface area (Å²) in [6.07, 6.45) is 5.55. The van der Waals surface area contributed by atoms with Crippen LogP contribution in [0.1, 0.15) is 39.2 Å². The molecule has 1 aromatic carbocycles. The van der Waals surface area contributed by atoms with Gasteiger partial charge >= 0.3 is 5.97 Å². The lowest BCUT2D eigenvalue weighted by atomic mass is 10.0. The Bertz CT molecular complexity index is 522. The van der Waals surface area contributed by atoms with Gasteiger partial charge in [0.2, 0.25) is 0 Å². The molecule has 0 amide bonds. The fourth-order valence-corrected chi connectivity index (χ4v) is 3.39. The molecule has 120 valence electrons. The van der Waals surface area contributed by atoms with Crippen LogP contribution in [0.15, 0.2) is 35.2 Å². The summed E-state index contributed by atoms with van der Waals surface area (Å²) in [7, 11) is 0. The second kappa shape index (κ2) is 7.84. The van der Waals surface area contributed by atoms with Crippen LogP contribution < -0.4 is 0 Å². The second-order valence-electron chi connectivity index (χ2n) is 6.01. The van der Waals surface area contributed by atoms with Crippen LogP contribution in [0.25, 0.3) is 6.08 Å². The van der Waals surface area contributed by atoms with Gasteiger partial charge in [-0.1, -0.05) is 31.2 Å². The van der Waals surface area contributed by atoms with E-state index in [1.807, 2.05) is 32.9 Å². The Hall–Kier alpha value is -1.26. The van der Waals surface area contributed by atoms with Crippen molar-refractivity contribution in [3.63, 3.8) is 0 Å². The number of aliphatic hydroxyl groups excluding tert-OH is 1. The SMILES string of the molecule is CC1CC(Sc2ccc(/C=C/C[C@@H](C)[C@H](C)O)cc2)C(=O)O1. The molecular formula is C18H24O3S. The maximum atomic E-state index is 11.6. The first-order chi connectivity index (χ1) is 10.5. The number of ether oxygens (including phenoxy) is 1. The van der Waals surface area contributed by atoms with E-state index in [1.165, 1.54) is 0 Å². The van der Waals surface area contributed by atoms with E-state index in [0.717, 1.165) is 23.3 Å². The molecule has 1 N–H and O–H groups in total. The highest BCUT2D eigenvalue weighted by Crippen LogP contribution is 2.32. The lowest BCUT2D eigenvalue weighted by Gasteiger charge is -2.11. The standard InChI is InChI=1S/C18H24O3S/c1-12(14(3)19)5-4-6-15-7-9-16(10-8-15)22-17-11-13(2)21-18(17)20/h4,6-10,12-14,17,19H,5,11H2,1-3H3/b6-4+/t12-,13?,14+,17?/m1/s1. The zero-order valence-electron chi connectivity index (χ0n) is 13.4. The largest absolute Gasteiger partial charge is 0.462 e. The molecule has 1 aromatic rings. The number of carbonyl (C=O) groups excluding carboxylic acids is 1. The number of rotatable bonds is 6. The van der Waals surface area contributed by atoms with Crippen molar-refractivity contribution in [2.24, 2.45) is 5.92 Å². The Morgan fingerprint density at radius 2 is 2.05 bits per heavy atom. The number of aliphatic hydroxyl groups is 1. The van der Waals surface area contributed by atoms with Crippen LogP contribution in [0.3, 0.4) is 0 Å². The summed E-state index contributed by atoms with van der Waals surface area (Å²) in [6.45, 7) is 5.79. The van der Waals surface area contributed by atoms with Crippen LogP contribution in [-0.4, -0.2) is 28.5 Å². The topological polar surface area (TPSA) is 46.5 Å². The van der Waals surface area contributed by atoms with Crippen LogP contribution in [0.4, 0.5) is 0 Å². The van der Waals surface area contributed by atoms with Crippen molar-refractivity contribution in [3.8, 4) is 0 Å². The fraction of sp³-hybridized carbons (Fsp3) is 0.500. The van der Waals surface area contributed by atoms with Crippen LogP contribution in [0.5, 0.6) is 0 Å². The van der Waals surface area contributed by atoms with E-state index < -0.39 is 0 Å². The average molecular weight is 320 g/mol. The van der Waals surface area contributed by atoms with Gasteiger partial charge < -0.3 is 9.84 Å². The number of allylic oxidation sites excluding steroid dienone is 1. The molecule has 22 heavy (non-hydrogen) atoms. The third-order valence-electron chi connectivity index (χ3n) is 3.93. The minimum Gasteiger partial charge on any atom is -0.462 e. The maximum Gasteiger partial charge on any atom is 0.319 e. The molecule has 0 saturated carbocycles. The van der Waals surface area contributed by atoms with Gasteiger partial charge in [-0.05, 0) is 43.9 Å². The van der Waals surface area contributed by atoms with Gasteiger partial charge in [-0.2, -0.15) is 0 Å². The zero-order chi connectivity index (χ0) is 16.1. The molecule has 2 unspecified atom stereocenters. The van der Waals surface area contributed by atoms with Gasteiger partial charge in [0, 0.05) is 11.3 Å². The molecule has 1 heterocycles. The first kappa shape index (κ1) is 17.1. The summed E-state index contributed by atoms with van der Waals surface area (Å²) >= 11 is 1.57. The molecule has 0 spiro atoms. The molecule has 3 nitrogen and oxygen atoms in total. The molecule has 1 aliphatic rings. The van der Waals surface area contributed by atoms with Crippen LogP contribution in [0, 0.1) is 5.92 Å². The monoisotopic (exact) mass is 320 g/mol. The van der Waals surface area contributed by atoms with Gasteiger partial charge in [0.15, 0.2) is 0 Å². The smallest absolute Gasteiger partial charge is 0.319 e. The summed E-state index contributed by atoms with van der Waals surface area (Å²) in [6, 6.07) is 8.18. The second-order valence-corrected chi connectivity index (χ2v) is 7.29. The van der Waals surface area contributed by atoms with E-state index in [2.05, 4.69) is 24.3 Å². The van der Waals surface area contributed by atoms with E-state index in [4.69, 9.17) is 4.74 Å². The lowest BCUT2D eigenvalue weighted by Crippen LogP contribution is -2.11. The predicted octanol–water partition coefficient (Wildman–Crippen LogP) is 3.90. The molecule has 4 heteroatoms. The summed E-state index contributed by atoms with van der Waals surface area (Å²) in [4.78, 5) is 12.7. The Morgan fingerprint density at radius 3 is 2.59 bits per heavy atom. The van der Waals surface area contributed by atoms with Crippen LogP contribution in [0.2, 0.25) is 0 Å². The Kier molecular flexibility index (Phi) is 6.09. The Morgan fingerprint density at radius 1 is 1.36 bits per heavy atom. The molecule has 1 saturated heterocycles. The number of carbonyl (C=O) groups is 1. The van der Waals surface area contributed by atoms with Gasteiger partial charge in [-0.15, -0.1) is 11.8 Å². The quantitative estimate of drug-likeness (QED) is 0.808. The highest BCUT2D eigenvalue weighted by molar-refractivity contribution is 8.00. The van der Waals surface area contributed by atoms with Crippen molar-refractivity contribution in [3.05, 3.63) is 35.9 Å². The molecule has 2 rings (SSSR count).